The first-order valence-electron chi connectivity index (χ1n) is 8.62. The second kappa shape index (κ2) is 7.89. The van der Waals surface area contributed by atoms with Crippen LogP contribution in [0, 0.1) is 11.6 Å². The van der Waals surface area contributed by atoms with Gasteiger partial charge in [-0.3, -0.25) is 9.42 Å². The number of halogens is 2. The molecule has 0 fully saturated rings. The number of nitrogens with zero attached hydrogens (tertiary/aromatic N) is 3. The highest BCUT2D eigenvalue weighted by Crippen LogP contribution is 2.13. The molecule has 1 N–H and O–H groups in total. The number of para-hydroxylation sites is 1. The Morgan fingerprint density at radius 1 is 0.897 bits per heavy atom. The summed E-state index contributed by atoms with van der Waals surface area (Å²) in [6.07, 6.45) is 0. The zero-order valence-corrected chi connectivity index (χ0v) is 14.9. The minimum absolute atomic E-state index is 0.0810. The standard InChI is InChI=1S/C21H14F2N4O2/c22-14-6-10-17(11-7-14)25-21(28)19-20(24-16-4-2-1-3-5-16)27(29-26-19)18-12-8-15(23)9-13-18/h1-13H,(H,25,28). The molecule has 0 radical (unpaired) electrons. The molecule has 4 rings (SSSR count). The minimum Gasteiger partial charge on any atom is -0.320 e. The average Bonchev–Trinajstić information content (AvgIpc) is 3.14. The van der Waals surface area contributed by atoms with E-state index < -0.39 is 17.5 Å². The predicted molar refractivity (Wildman–Crippen MR) is 102 cm³/mol. The third-order valence-corrected chi connectivity index (χ3v) is 3.99. The van der Waals surface area contributed by atoms with Gasteiger partial charge < -0.3 is 5.32 Å². The number of carbonyl (C=O) groups excluding carboxylic acids is 1. The molecule has 0 unspecified atom stereocenters. The largest absolute Gasteiger partial charge is 0.320 e. The van der Waals surface area contributed by atoms with Crippen LogP contribution >= 0.6 is 0 Å². The van der Waals surface area contributed by atoms with Crippen LogP contribution in [0.5, 0.6) is 0 Å². The summed E-state index contributed by atoms with van der Waals surface area (Å²) in [5.41, 5.74) is 1.44. The van der Waals surface area contributed by atoms with E-state index in [-0.39, 0.29) is 11.2 Å². The van der Waals surface area contributed by atoms with Gasteiger partial charge in [-0.1, -0.05) is 18.2 Å². The SMILES string of the molecule is O=C(Nc1ccc(F)cc1)c1non(-c2ccc(F)cc2)c1=Nc1ccccc1. The quantitative estimate of drug-likeness (QED) is 0.565. The number of amides is 1. The molecule has 3 aromatic carbocycles. The molecule has 0 aliphatic rings. The van der Waals surface area contributed by atoms with Crippen LogP contribution < -0.4 is 10.8 Å². The maximum absolute atomic E-state index is 13.3. The lowest BCUT2D eigenvalue weighted by Crippen LogP contribution is -2.25. The van der Waals surface area contributed by atoms with Gasteiger partial charge in [0.05, 0.1) is 11.4 Å². The molecule has 0 bridgehead atoms. The Labute approximate surface area is 163 Å². The summed E-state index contributed by atoms with van der Waals surface area (Å²) in [6.45, 7) is 0. The Hall–Kier alpha value is -4.07. The van der Waals surface area contributed by atoms with Gasteiger partial charge in [0.2, 0.25) is 11.2 Å². The van der Waals surface area contributed by atoms with E-state index in [1.165, 1.54) is 53.3 Å². The van der Waals surface area contributed by atoms with Crippen molar-refractivity contribution in [3.63, 3.8) is 0 Å². The lowest BCUT2D eigenvalue weighted by atomic mass is 10.3. The van der Waals surface area contributed by atoms with Gasteiger partial charge in [0.15, 0.2) is 0 Å². The third kappa shape index (κ3) is 4.11. The predicted octanol–water partition coefficient (Wildman–Crippen LogP) is 4.23. The Kier molecular flexibility index (Phi) is 4.98. The third-order valence-electron chi connectivity index (χ3n) is 3.99. The summed E-state index contributed by atoms with van der Waals surface area (Å²) >= 11 is 0. The molecular weight excluding hydrogens is 378 g/mol. The van der Waals surface area contributed by atoms with E-state index in [0.29, 0.717) is 17.1 Å². The lowest BCUT2D eigenvalue weighted by Gasteiger charge is -2.03. The van der Waals surface area contributed by atoms with Crippen LogP contribution in [-0.2, 0) is 0 Å². The van der Waals surface area contributed by atoms with E-state index in [2.05, 4.69) is 15.5 Å². The van der Waals surface area contributed by atoms with Crippen molar-refractivity contribution in [1.29, 1.82) is 0 Å². The number of rotatable bonds is 4. The van der Waals surface area contributed by atoms with Crippen molar-refractivity contribution in [3.8, 4) is 5.69 Å². The van der Waals surface area contributed by atoms with E-state index in [9.17, 15) is 13.6 Å². The van der Waals surface area contributed by atoms with Crippen molar-refractivity contribution in [3.05, 3.63) is 102 Å². The first kappa shape index (κ1) is 18.3. The van der Waals surface area contributed by atoms with Gasteiger partial charge in [0.25, 0.3) is 5.91 Å². The molecule has 0 aliphatic heterocycles. The monoisotopic (exact) mass is 392 g/mol. The van der Waals surface area contributed by atoms with Crippen molar-refractivity contribution in [2.75, 3.05) is 5.32 Å². The van der Waals surface area contributed by atoms with Crippen LogP contribution in [0.15, 0.2) is 88.5 Å². The van der Waals surface area contributed by atoms with Crippen molar-refractivity contribution in [2.24, 2.45) is 4.99 Å². The first-order valence-corrected chi connectivity index (χ1v) is 8.62. The van der Waals surface area contributed by atoms with E-state index in [4.69, 9.17) is 4.63 Å². The summed E-state index contributed by atoms with van der Waals surface area (Å²) in [7, 11) is 0. The number of anilines is 1. The van der Waals surface area contributed by atoms with Crippen molar-refractivity contribution in [1.82, 2.24) is 9.90 Å². The summed E-state index contributed by atoms with van der Waals surface area (Å²) in [6, 6.07) is 19.7. The molecule has 0 saturated heterocycles. The van der Waals surface area contributed by atoms with Gasteiger partial charge in [0.1, 0.15) is 11.6 Å². The summed E-state index contributed by atoms with van der Waals surface area (Å²) in [5.74, 6) is -1.42. The molecule has 1 heterocycles. The van der Waals surface area contributed by atoms with Crippen LogP contribution in [0.25, 0.3) is 5.69 Å². The molecule has 0 atom stereocenters. The zero-order chi connectivity index (χ0) is 20.2. The van der Waals surface area contributed by atoms with Gasteiger partial charge in [-0.25, -0.2) is 13.8 Å². The van der Waals surface area contributed by atoms with Gasteiger partial charge in [-0.2, -0.15) is 0 Å². The smallest absolute Gasteiger partial charge is 0.281 e. The maximum Gasteiger partial charge on any atom is 0.281 e. The fourth-order valence-corrected chi connectivity index (χ4v) is 2.59. The number of hydrogen-bond acceptors (Lipinski definition) is 4. The van der Waals surface area contributed by atoms with E-state index >= 15 is 0 Å². The van der Waals surface area contributed by atoms with Gasteiger partial charge in [0, 0.05) is 5.69 Å². The molecule has 6 nitrogen and oxygen atoms in total. The molecule has 144 valence electrons. The highest BCUT2D eigenvalue weighted by atomic mass is 19.1. The molecule has 0 saturated carbocycles. The summed E-state index contributed by atoms with van der Waals surface area (Å²) in [5, 5.41) is 6.46. The molecule has 1 amide bonds. The second-order valence-corrected chi connectivity index (χ2v) is 6.02. The van der Waals surface area contributed by atoms with Gasteiger partial charge in [-0.05, 0) is 65.8 Å². The second-order valence-electron chi connectivity index (χ2n) is 6.02. The van der Waals surface area contributed by atoms with Crippen molar-refractivity contribution in [2.45, 2.75) is 0 Å². The Morgan fingerprint density at radius 2 is 1.52 bits per heavy atom. The summed E-state index contributed by atoms with van der Waals surface area (Å²) < 4.78 is 32.9. The van der Waals surface area contributed by atoms with Crippen LogP contribution in [0.3, 0.4) is 0 Å². The lowest BCUT2D eigenvalue weighted by molar-refractivity contribution is 0.101. The Morgan fingerprint density at radius 3 is 2.17 bits per heavy atom. The van der Waals surface area contributed by atoms with Crippen LogP contribution in [-0.4, -0.2) is 15.8 Å². The summed E-state index contributed by atoms with van der Waals surface area (Å²) in [4.78, 5) is 17.2. The van der Waals surface area contributed by atoms with Crippen LogP contribution in [0.4, 0.5) is 20.2 Å². The fraction of sp³-hybridized carbons (Fsp3) is 0. The highest BCUT2D eigenvalue weighted by Gasteiger charge is 2.19. The average molecular weight is 392 g/mol. The topological polar surface area (TPSA) is 72.4 Å². The van der Waals surface area contributed by atoms with Crippen LogP contribution in [0.2, 0.25) is 0 Å². The highest BCUT2D eigenvalue weighted by molar-refractivity contribution is 6.02. The Balaban J connectivity index is 1.79. The van der Waals surface area contributed by atoms with E-state index in [1.807, 2.05) is 6.07 Å². The number of aromatic nitrogens is 2. The molecule has 8 heteroatoms. The Bertz CT molecular complexity index is 1200. The number of benzene rings is 3. The van der Waals surface area contributed by atoms with E-state index in [0.717, 1.165) is 0 Å². The number of carbonyl (C=O) groups is 1. The number of nitrogens with one attached hydrogen (secondary N) is 1. The van der Waals surface area contributed by atoms with Gasteiger partial charge >= 0.3 is 0 Å². The van der Waals surface area contributed by atoms with Crippen LogP contribution in [0.1, 0.15) is 10.5 Å². The van der Waals surface area contributed by atoms with Crippen molar-refractivity contribution >= 4 is 17.3 Å². The fourth-order valence-electron chi connectivity index (χ4n) is 2.59. The van der Waals surface area contributed by atoms with E-state index in [1.54, 1.807) is 24.3 Å². The number of hydrogen-bond donors (Lipinski definition) is 1. The molecular formula is C21H14F2N4O2. The molecule has 1 aromatic heterocycles. The molecule has 0 aliphatic carbocycles. The minimum atomic E-state index is -0.587. The first-order chi connectivity index (χ1) is 14.1. The molecule has 29 heavy (non-hydrogen) atoms. The molecule has 0 spiro atoms. The maximum atomic E-state index is 13.3. The zero-order valence-electron chi connectivity index (χ0n) is 14.9. The van der Waals surface area contributed by atoms with Gasteiger partial charge in [-0.15, -0.1) is 4.74 Å². The molecule has 4 aromatic rings. The normalized spacial score (nSPS) is 11.4. The van der Waals surface area contributed by atoms with Crippen molar-refractivity contribution < 1.29 is 18.2 Å².